The zero-order valence-electron chi connectivity index (χ0n) is 11.5. The molecule has 2 aromatic heterocycles. The number of imidazole rings is 1. The highest BCUT2D eigenvalue weighted by atomic mass is 16.1. The lowest BCUT2D eigenvalue weighted by molar-refractivity contribution is 0.0952. The molecule has 6 heteroatoms. The van der Waals surface area contributed by atoms with Crippen molar-refractivity contribution >= 4 is 11.7 Å². The predicted molar refractivity (Wildman–Crippen MR) is 77.2 cm³/mol. The van der Waals surface area contributed by atoms with Crippen LogP contribution in [0.3, 0.4) is 0 Å². The van der Waals surface area contributed by atoms with E-state index in [4.69, 9.17) is 5.73 Å². The van der Waals surface area contributed by atoms with Crippen molar-refractivity contribution in [2.45, 2.75) is 26.3 Å². The third kappa shape index (κ3) is 3.81. The van der Waals surface area contributed by atoms with E-state index < -0.39 is 0 Å². The average Bonchev–Trinajstić information content (AvgIpc) is 2.95. The Kier molecular flexibility index (Phi) is 4.70. The van der Waals surface area contributed by atoms with Crippen LogP contribution in [0.5, 0.6) is 0 Å². The number of amides is 1. The fourth-order valence-corrected chi connectivity index (χ4v) is 1.91. The topological polar surface area (TPSA) is 85.8 Å². The van der Waals surface area contributed by atoms with E-state index in [0.717, 1.165) is 25.1 Å². The number of aryl methyl sites for hydroxylation is 2. The Hall–Kier alpha value is -2.37. The number of hydrogen-bond donors (Lipinski definition) is 2. The van der Waals surface area contributed by atoms with Crippen LogP contribution >= 0.6 is 0 Å². The summed E-state index contributed by atoms with van der Waals surface area (Å²) in [5.74, 6) is 0.271. The normalized spacial score (nSPS) is 10.4. The summed E-state index contributed by atoms with van der Waals surface area (Å²) in [4.78, 5) is 20.1. The van der Waals surface area contributed by atoms with E-state index in [1.54, 1.807) is 24.7 Å². The minimum atomic E-state index is -0.112. The Bertz CT molecular complexity index is 565. The van der Waals surface area contributed by atoms with Crippen molar-refractivity contribution in [3.05, 3.63) is 42.1 Å². The molecule has 106 valence electrons. The molecule has 3 N–H and O–H groups in total. The van der Waals surface area contributed by atoms with Gasteiger partial charge in [0, 0.05) is 36.7 Å². The molecule has 0 aromatic carbocycles. The van der Waals surface area contributed by atoms with Crippen LogP contribution < -0.4 is 11.1 Å². The second kappa shape index (κ2) is 6.70. The minimum absolute atomic E-state index is 0.112. The van der Waals surface area contributed by atoms with E-state index in [9.17, 15) is 4.79 Å². The van der Waals surface area contributed by atoms with Gasteiger partial charge in [-0.3, -0.25) is 4.79 Å². The van der Waals surface area contributed by atoms with Crippen LogP contribution in [0.2, 0.25) is 0 Å². The number of aromatic nitrogens is 3. The average molecular weight is 273 g/mol. The monoisotopic (exact) mass is 273 g/mol. The van der Waals surface area contributed by atoms with Gasteiger partial charge < -0.3 is 15.6 Å². The van der Waals surface area contributed by atoms with E-state index in [2.05, 4.69) is 15.3 Å². The largest absolute Gasteiger partial charge is 0.384 e. The number of pyridine rings is 1. The number of nitrogen functional groups attached to an aromatic ring is 1. The molecule has 0 aliphatic carbocycles. The standard InChI is InChI=1S/C14H19N5O/c1-2-12-8-11(9-13(15)18-12)14(20)17-4-3-6-19-7-5-16-10-19/h5,7-10H,2-4,6H2,1H3,(H2,15,18)(H,17,20). The lowest BCUT2D eigenvalue weighted by Crippen LogP contribution is -2.25. The molecule has 0 radical (unpaired) electrons. The maximum absolute atomic E-state index is 12.0. The maximum atomic E-state index is 12.0. The van der Waals surface area contributed by atoms with Crippen molar-refractivity contribution in [3.63, 3.8) is 0 Å². The first-order valence-corrected chi connectivity index (χ1v) is 6.69. The van der Waals surface area contributed by atoms with Gasteiger partial charge in [-0.05, 0) is 25.0 Å². The number of carbonyl (C=O) groups excluding carboxylic acids is 1. The summed E-state index contributed by atoms with van der Waals surface area (Å²) < 4.78 is 1.98. The maximum Gasteiger partial charge on any atom is 0.251 e. The molecule has 0 aliphatic rings. The molecule has 0 aliphatic heterocycles. The molecule has 2 rings (SSSR count). The molecule has 6 nitrogen and oxygen atoms in total. The van der Waals surface area contributed by atoms with E-state index in [0.29, 0.717) is 17.9 Å². The van der Waals surface area contributed by atoms with Gasteiger partial charge in [0.1, 0.15) is 5.82 Å². The van der Waals surface area contributed by atoms with Crippen LogP contribution in [0.15, 0.2) is 30.9 Å². The number of nitrogens with zero attached hydrogens (tertiary/aromatic N) is 3. The molecule has 20 heavy (non-hydrogen) atoms. The number of carbonyl (C=O) groups is 1. The number of anilines is 1. The molecule has 2 heterocycles. The highest BCUT2D eigenvalue weighted by molar-refractivity contribution is 5.94. The van der Waals surface area contributed by atoms with Crippen LogP contribution in [-0.4, -0.2) is 27.0 Å². The smallest absolute Gasteiger partial charge is 0.251 e. The van der Waals surface area contributed by atoms with Crippen molar-refractivity contribution in [2.24, 2.45) is 0 Å². The minimum Gasteiger partial charge on any atom is -0.384 e. The van der Waals surface area contributed by atoms with Crippen molar-refractivity contribution in [1.82, 2.24) is 19.9 Å². The highest BCUT2D eigenvalue weighted by Gasteiger charge is 2.07. The zero-order valence-corrected chi connectivity index (χ0v) is 11.5. The van der Waals surface area contributed by atoms with Gasteiger partial charge in [-0.15, -0.1) is 0 Å². The molecule has 0 unspecified atom stereocenters. The molecule has 0 bridgehead atoms. The highest BCUT2D eigenvalue weighted by Crippen LogP contribution is 2.08. The van der Waals surface area contributed by atoms with Gasteiger partial charge in [0.05, 0.1) is 6.33 Å². The van der Waals surface area contributed by atoms with Gasteiger partial charge >= 0.3 is 0 Å². The number of nitrogens with two attached hydrogens (primary N) is 1. The molecule has 1 amide bonds. The van der Waals surface area contributed by atoms with E-state index >= 15 is 0 Å². The first kappa shape index (κ1) is 14.0. The van der Waals surface area contributed by atoms with Crippen molar-refractivity contribution < 1.29 is 4.79 Å². The zero-order chi connectivity index (χ0) is 14.4. The summed E-state index contributed by atoms with van der Waals surface area (Å²) in [6.07, 6.45) is 7.01. The molecule has 0 fully saturated rings. The van der Waals surface area contributed by atoms with Gasteiger partial charge in [0.25, 0.3) is 5.91 Å². The second-order valence-corrected chi connectivity index (χ2v) is 4.54. The van der Waals surface area contributed by atoms with E-state index in [1.807, 2.05) is 17.7 Å². The molecule has 0 spiro atoms. The van der Waals surface area contributed by atoms with Gasteiger partial charge in [-0.2, -0.15) is 0 Å². The Morgan fingerprint density at radius 3 is 3.00 bits per heavy atom. The lowest BCUT2D eigenvalue weighted by atomic mass is 10.2. The Labute approximate surface area is 118 Å². The van der Waals surface area contributed by atoms with Crippen molar-refractivity contribution in [2.75, 3.05) is 12.3 Å². The summed E-state index contributed by atoms with van der Waals surface area (Å²) in [5, 5.41) is 2.88. The number of nitrogens with one attached hydrogen (secondary N) is 1. The van der Waals surface area contributed by atoms with E-state index in [-0.39, 0.29) is 5.91 Å². The van der Waals surface area contributed by atoms with Crippen LogP contribution in [-0.2, 0) is 13.0 Å². The van der Waals surface area contributed by atoms with Gasteiger partial charge in [-0.1, -0.05) is 6.92 Å². The summed E-state index contributed by atoms with van der Waals surface area (Å²) in [5.41, 5.74) is 7.08. The summed E-state index contributed by atoms with van der Waals surface area (Å²) in [6, 6.07) is 3.38. The first-order valence-electron chi connectivity index (χ1n) is 6.69. The fourth-order valence-electron chi connectivity index (χ4n) is 1.91. The molecule has 0 saturated carbocycles. The number of hydrogen-bond acceptors (Lipinski definition) is 4. The van der Waals surface area contributed by atoms with Crippen molar-refractivity contribution in [3.8, 4) is 0 Å². The van der Waals surface area contributed by atoms with Crippen LogP contribution in [0.25, 0.3) is 0 Å². The third-order valence-corrected chi connectivity index (χ3v) is 2.96. The summed E-state index contributed by atoms with van der Waals surface area (Å²) in [6.45, 7) is 3.42. The SMILES string of the molecule is CCc1cc(C(=O)NCCCn2ccnc2)cc(N)n1. The number of rotatable bonds is 6. The third-order valence-electron chi connectivity index (χ3n) is 2.96. The van der Waals surface area contributed by atoms with Crippen LogP contribution in [0, 0.1) is 0 Å². The molecular weight excluding hydrogens is 254 g/mol. The Morgan fingerprint density at radius 2 is 2.30 bits per heavy atom. The summed E-state index contributed by atoms with van der Waals surface area (Å²) in [7, 11) is 0. The van der Waals surface area contributed by atoms with Gasteiger partial charge in [-0.25, -0.2) is 9.97 Å². The predicted octanol–water partition coefficient (Wildman–Crippen LogP) is 1.24. The molecular formula is C14H19N5O. The van der Waals surface area contributed by atoms with Crippen molar-refractivity contribution in [1.29, 1.82) is 0 Å². The fraction of sp³-hybridized carbons (Fsp3) is 0.357. The molecule has 2 aromatic rings. The van der Waals surface area contributed by atoms with Gasteiger partial charge in [0.15, 0.2) is 0 Å². The molecule has 0 saturated heterocycles. The lowest BCUT2D eigenvalue weighted by Gasteiger charge is -2.07. The van der Waals surface area contributed by atoms with Crippen LogP contribution in [0.4, 0.5) is 5.82 Å². The van der Waals surface area contributed by atoms with Crippen LogP contribution in [0.1, 0.15) is 29.4 Å². The quantitative estimate of drug-likeness (QED) is 0.775. The molecule has 0 atom stereocenters. The Morgan fingerprint density at radius 1 is 1.45 bits per heavy atom. The summed E-state index contributed by atoms with van der Waals surface area (Å²) >= 11 is 0. The van der Waals surface area contributed by atoms with Gasteiger partial charge in [0.2, 0.25) is 0 Å². The first-order chi connectivity index (χ1) is 9.69. The second-order valence-electron chi connectivity index (χ2n) is 4.54. The van der Waals surface area contributed by atoms with E-state index in [1.165, 1.54) is 0 Å². The Balaban J connectivity index is 1.83.